The van der Waals surface area contributed by atoms with Crippen LogP contribution in [0.1, 0.15) is 63.2 Å². The maximum absolute atomic E-state index is 13.9. The highest BCUT2D eigenvalue weighted by molar-refractivity contribution is 5.90. The molecule has 4 fully saturated rings. The molecule has 0 aliphatic heterocycles. The molecular formula is C26H31F2O5-. The molecule has 0 N–H and O–H groups in total. The van der Waals surface area contributed by atoms with Gasteiger partial charge in [-0.2, -0.15) is 8.78 Å². The fraction of sp³-hybridized carbons (Fsp3) is 0.692. The fourth-order valence-electron chi connectivity index (χ4n) is 7.84. The Hall–Kier alpha value is -2.18. The number of benzene rings is 1. The number of carbonyl (C=O) groups excluding carboxylic acids is 2. The summed E-state index contributed by atoms with van der Waals surface area (Å²) in [6, 6.07) is 6.27. The summed E-state index contributed by atoms with van der Waals surface area (Å²) in [6.45, 7) is 4.93. The highest BCUT2D eigenvalue weighted by Crippen LogP contribution is 2.70. The average molecular weight is 462 g/mol. The first-order valence-corrected chi connectivity index (χ1v) is 12.1. The standard InChI is InChI=1S/C26H32F2O5/c1-13(2)22(26(27,28)24(30)31)32-23(29)14-6-8-18(9-7-14)33-25(3)12-17-11-19(25)21-16-5-4-15(10-16)20(17)21/h6-9,13,15-17,19-22H,4-5,10-12H2,1-3H3,(H,30,31)/p-1. The molecule has 4 bridgehead atoms. The summed E-state index contributed by atoms with van der Waals surface area (Å²) in [5.41, 5.74) is -0.161. The lowest BCUT2D eigenvalue weighted by atomic mass is 9.66. The lowest BCUT2D eigenvalue weighted by Crippen LogP contribution is -2.53. The van der Waals surface area contributed by atoms with E-state index in [1.54, 1.807) is 12.1 Å². The summed E-state index contributed by atoms with van der Waals surface area (Å²) >= 11 is 0. The monoisotopic (exact) mass is 461 g/mol. The Bertz CT molecular complexity index is 945. The number of halogens is 2. The summed E-state index contributed by atoms with van der Waals surface area (Å²) in [4.78, 5) is 23.3. The predicted octanol–water partition coefficient (Wildman–Crippen LogP) is 4.09. The quantitative estimate of drug-likeness (QED) is 0.452. The van der Waals surface area contributed by atoms with Gasteiger partial charge < -0.3 is 19.4 Å². The van der Waals surface area contributed by atoms with Gasteiger partial charge in [-0.3, -0.25) is 0 Å². The molecule has 4 saturated carbocycles. The van der Waals surface area contributed by atoms with Crippen LogP contribution in [0.2, 0.25) is 0 Å². The molecule has 0 saturated heterocycles. The van der Waals surface area contributed by atoms with E-state index in [4.69, 9.17) is 9.47 Å². The third kappa shape index (κ3) is 3.53. The van der Waals surface area contributed by atoms with Crippen molar-refractivity contribution >= 4 is 11.9 Å². The minimum absolute atomic E-state index is 0.0633. The first-order valence-electron chi connectivity index (χ1n) is 12.1. The highest BCUT2D eigenvalue weighted by Gasteiger charge is 2.66. The van der Waals surface area contributed by atoms with E-state index in [2.05, 4.69) is 6.92 Å². The zero-order valence-electron chi connectivity index (χ0n) is 19.3. The second kappa shape index (κ2) is 7.67. The molecule has 4 aliphatic carbocycles. The van der Waals surface area contributed by atoms with Crippen molar-refractivity contribution in [3.63, 3.8) is 0 Å². The van der Waals surface area contributed by atoms with Crippen molar-refractivity contribution in [2.75, 3.05) is 0 Å². The Balaban J connectivity index is 1.26. The smallest absolute Gasteiger partial charge is 0.338 e. The van der Waals surface area contributed by atoms with Gasteiger partial charge in [0, 0.05) is 5.92 Å². The van der Waals surface area contributed by atoms with E-state index in [1.807, 2.05) is 0 Å². The van der Waals surface area contributed by atoms with E-state index in [-0.39, 0.29) is 11.2 Å². The molecule has 0 aromatic heterocycles. The van der Waals surface area contributed by atoms with Crippen LogP contribution in [0.3, 0.4) is 0 Å². The Labute approximate surface area is 192 Å². The number of carboxylic acids is 1. The van der Waals surface area contributed by atoms with Crippen LogP contribution in [0.5, 0.6) is 5.75 Å². The first kappa shape index (κ1) is 22.6. The van der Waals surface area contributed by atoms with E-state index < -0.39 is 29.9 Å². The Kier molecular flexibility index (Phi) is 5.25. The number of alkyl halides is 2. The largest absolute Gasteiger partial charge is 0.544 e. The molecule has 7 heteroatoms. The van der Waals surface area contributed by atoms with Crippen LogP contribution >= 0.6 is 0 Å². The number of hydrogen-bond acceptors (Lipinski definition) is 5. The van der Waals surface area contributed by atoms with Gasteiger partial charge in [0.05, 0.1) is 5.56 Å². The number of esters is 1. The third-order valence-electron chi connectivity index (χ3n) is 8.97. The Morgan fingerprint density at radius 1 is 1.06 bits per heavy atom. The summed E-state index contributed by atoms with van der Waals surface area (Å²) in [6.07, 6.45) is 4.33. The van der Waals surface area contributed by atoms with Gasteiger partial charge in [-0.05, 0) is 98.8 Å². The van der Waals surface area contributed by atoms with Crippen molar-refractivity contribution in [1.82, 2.24) is 0 Å². The number of carboxylic acid groups (broad SMARTS) is 1. The van der Waals surface area contributed by atoms with Crippen molar-refractivity contribution in [3.05, 3.63) is 29.8 Å². The second-order valence-corrected chi connectivity index (χ2v) is 11.2. The van der Waals surface area contributed by atoms with Crippen LogP contribution in [0, 0.1) is 41.4 Å². The van der Waals surface area contributed by atoms with Crippen molar-refractivity contribution in [2.24, 2.45) is 41.4 Å². The maximum Gasteiger partial charge on any atom is 0.338 e. The van der Waals surface area contributed by atoms with Crippen LogP contribution in [0.4, 0.5) is 8.78 Å². The van der Waals surface area contributed by atoms with Crippen molar-refractivity contribution in [2.45, 2.75) is 70.5 Å². The van der Waals surface area contributed by atoms with E-state index in [1.165, 1.54) is 51.7 Å². The lowest BCUT2D eigenvalue weighted by Gasteiger charge is -2.44. The summed E-state index contributed by atoms with van der Waals surface area (Å²) in [5.74, 6) is -3.37. The van der Waals surface area contributed by atoms with Gasteiger partial charge >= 0.3 is 11.9 Å². The molecule has 8 unspecified atom stereocenters. The molecule has 5 rings (SSSR count). The normalized spacial score (nSPS) is 37.3. The van der Waals surface area contributed by atoms with Crippen LogP contribution in [-0.2, 0) is 9.53 Å². The van der Waals surface area contributed by atoms with Gasteiger partial charge in [0.25, 0.3) is 0 Å². The molecule has 4 aliphatic rings. The van der Waals surface area contributed by atoms with E-state index in [9.17, 15) is 23.5 Å². The average Bonchev–Trinajstić information content (AvgIpc) is 3.50. The minimum atomic E-state index is -4.28. The Morgan fingerprint density at radius 3 is 2.30 bits per heavy atom. The number of aliphatic carboxylic acids is 1. The minimum Gasteiger partial charge on any atom is -0.544 e. The van der Waals surface area contributed by atoms with Gasteiger partial charge in [-0.25, -0.2) is 4.79 Å². The molecular weight excluding hydrogens is 430 g/mol. The lowest BCUT2D eigenvalue weighted by molar-refractivity contribution is -0.337. The molecule has 33 heavy (non-hydrogen) atoms. The topological polar surface area (TPSA) is 75.7 Å². The van der Waals surface area contributed by atoms with Crippen LogP contribution < -0.4 is 9.84 Å². The number of carbonyl (C=O) groups is 2. The van der Waals surface area contributed by atoms with Gasteiger partial charge in [0.1, 0.15) is 17.3 Å². The highest BCUT2D eigenvalue weighted by atomic mass is 19.3. The Morgan fingerprint density at radius 2 is 1.70 bits per heavy atom. The van der Waals surface area contributed by atoms with E-state index in [0.29, 0.717) is 11.7 Å². The van der Waals surface area contributed by atoms with Crippen molar-refractivity contribution in [3.8, 4) is 5.75 Å². The fourth-order valence-corrected chi connectivity index (χ4v) is 7.84. The molecule has 1 aromatic rings. The molecule has 8 atom stereocenters. The molecule has 0 spiro atoms. The molecule has 1 aromatic carbocycles. The molecule has 0 amide bonds. The third-order valence-corrected chi connectivity index (χ3v) is 8.97. The zero-order chi connectivity index (χ0) is 23.7. The van der Waals surface area contributed by atoms with Crippen molar-refractivity contribution in [1.29, 1.82) is 0 Å². The summed E-state index contributed by atoms with van der Waals surface area (Å²) in [7, 11) is 0. The number of fused-ring (bicyclic) bond motifs is 9. The molecule has 180 valence electrons. The van der Waals surface area contributed by atoms with Crippen LogP contribution in [0.25, 0.3) is 0 Å². The number of hydrogen-bond donors (Lipinski definition) is 0. The SMILES string of the molecule is CC(C)C(OC(=O)c1ccc(OC2(C)CC3CC2C2C4CCC(C4)C32)cc1)C(F)(F)C(=O)[O-]. The maximum atomic E-state index is 13.9. The van der Waals surface area contributed by atoms with Gasteiger partial charge in [-0.1, -0.05) is 13.8 Å². The van der Waals surface area contributed by atoms with Crippen molar-refractivity contribution < 1.29 is 33.0 Å². The van der Waals surface area contributed by atoms with Gasteiger partial charge in [-0.15, -0.1) is 0 Å². The zero-order valence-corrected chi connectivity index (χ0v) is 19.3. The van der Waals surface area contributed by atoms with Gasteiger partial charge in [0.2, 0.25) is 0 Å². The number of rotatable bonds is 7. The van der Waals surface area contributed by atoms with Gasteiger partial charge in [0.15, 0.2) is 6.10 Å². The first-order chi connectivity index (χ1) is 15.5. The molecule has 0 radical (unpaired) electrons. The summed E-state index contributed by atoms with van der Waals surface area (Å²) < 4.78 is 39.2. The van der Waals surface area contributed by atoms with E-state index >= 15 is 0 Å². The van der Waals surface area contributed by atoms with E-state index in [0.717, 1.165) is 36.0 Å². The predicted molar refractivity (Wildman–Crippen MR) is 113 cm³/mol. The van der Waals surface area contributed by atoms with Crippen LogP contribution in [-0.4, -0.2) is 29.6 Å². The molecule has 5 nitrogen and oxygen atoms in total. The summed E-state index contributed by atoms with van der Waals surface area (Å²) in [5, 5.41) is 10.8. The second-order valence-electron chi connectivity index (χ2n) is 11.2. The number of ether oxygens (including phenoxy) is 2. The molecule has 0 heterocycles. The van der Waals surface area contributed by atoms with Crippen LogP contribution in [0.15, 0.2) is 24.3 Å².